The van der Waals surface area contributed by atoms with Gasteiger partial charge in [-0.2, -0.15) is 0 Å². The van der Waals surface area contributed by atoms with Gasteiger partial charge in [-0.15, -0.1) is 64.6 Å². The van der Waals surface area contributed by atoms with Crippen molar-refractivity contribution >= 4 is 104 Å². The number of ether oxygens (including phenoxy) is 3. The van der Waals surface area contributed by atoms with Gasteiger partial charge in [0.05, 0.1) is 49.6 Å². The Balaban J connectivity index is 0.000000156. The SMILES string of the molecule is C.CCCOC(=O)C[C@@H]1N=C(c2ccc(Cl)cc2)c2c(sc(C)c2C)-n2c(C)nnc21.Cc1sc2c(c1C)C(c1ccc(Cl)cc1)=N[C@@H](CC(=O)OC1CCC(C)CC1)c1nnc(C)n1-2.Cc1sc2c(c1C)C(c1ccc(Cl)cc1)=N[C@@H](CC(=O)OCC(C)C)c1nnc(C)n1-2. The third kappa shape index (κ3) is 15.1. The molecular formula is C72H81Cl3N12O6S3. The first-order valence-corrected chi connectivity index (χ1v) is 35.7. The number of nitrogens with zero attached hydrogens (tertiary/aromatic N) is 12. The molecule has 504 valence electrons. The minimum absolute atomic E-state index is 0. The predicted molar refractivity (Wildman–Crippen MR) is 385 cm³/mol. The Morgan fingerprint density at radius 2 is 0.812 bits per heavy atom. The van der Waals surface area contributed by atoms with Crippen molar-refractivity contribution in [3.63, 3.8) is 0 Å². The van der Waals surface area contributed by atoms with Crippen LogP contribution in [0.2, 0.25) is 15.1 Å². The Hall–Kier alpha value is -7.53. The van der Waals surface area contributed by atoms with E-state index in [1.165, 1.54) is 20.2 Å². The van der Waals surface area contributed by atoms with Crippen LogP contribution in [0.25, 0.3) is 15.0 Å². The van der Waals surface area contributed by atoms with Crippen molar-refractivity contribution in [2.24, 2.45) is 26.8 Å². The number of fused-ring (bicyclic) bond motifs is 9. The first kappa shape index (κ1) is 71.2. The van der Waals surface area contributed by atoms with Crippen LogP contribution >= 0.6 is 68.8 Å². The molecule has 18 nitrogen and oxygen atoms in total. The summed E-state index contributed by atoms with van der Waals surface area (Å²) in [6.45, 7) is 27.5. The molecule has 3 aromatic carbocycles. The molecule has 96 heavy (non-hydrogen) atoms. The number of benzene rings is 3. The van der Waals surface area contributed by atoms with Crippen molar-refractivity contribution in [2.45, 2.75) is 173 Å². The van der Waals surface area contributed by atoms with Crippen molar-refractivity contribution in [3.8, 4) is 15.0 Å². The minimum atomic E-state index is -0.495. The molecule has 3 atom stereocenters. The number of thiophene rings is 3. The van der Waals surface area contributed by atoms with E-state index in [0.717, 1.165) is 126 Å². The van der Waals surface area contributed by atoms with Crippen LogP contribution in [0.3, 0.4) is 0 Å². The van der Waals surface area contributed by atoms with Gasteiger partial charge in [0.25, 0.3) is 0 Å². The summed E-state index contributed by atoms with van der Waals surface area (Å²) in [4.78, 5) is 57.0. The number of aromatic nitrogens is 9. The van der Waals surface area contributed by atoms with Crippen LogP contribution in [0.1, 0.15) is 204 Å². The standard InChI is InChI=1S/C26H29ClN4O2S.C23H25ClN4O2S.C22H23ClN4O2S.CH4/c1-14-5-11-20(12-6-14)33-22(32)13-21-25-30-29-17(4)31(25)26-23(15(2)16(3)34-26)24(28-21)18-7-9-19(27)10-8-18;1-12(2)11-30-19(29)10-18-22-27-26-15(5)28(22)23-20(13(3)14(4)31-23)21(25-18)16-6-8-17(24)9-7-16;1-5-10-29-18(28)11-17-21-26-25-14(4)27(21)22-19(12(2)13(3)30-22)20(24-17)15-6-8-16(23)9-7-15;/h7-10,14,20-21H,5-6,11-13H2,1-4H3;6-9,12,18H,10-11H2,1-5H3;6-9,17H,5,10-11H2,1-4H3;1H4/t14?,20?,21-;18-;17-;/m000./s1. The van der Waals surface area contributed by atoms with E-state index >= 15 is 0 Å². The maximum atomic E-state index is 13.0. The molecule has 0 N–H and O–H groups in total. The molecule has 1 saturated carbocycles. The zero-order valence-corrected chi connectivity index (χ0v) is 60.4. The summed E-state index contributed by atoms with van der Waals surface area (Å²) in [6.07, 6.45) is 5.20. The second-order valence-electron chi connectivity index (χ2n) is 25.0. The van der Waals surface area contributed by atoms with Crippen molar-refractivity contribution in [1.82, 2.24) is 44.3 Å². The van der Waals surface area contributed by atoms with E-state index in [4.69, 9.17) is 64.0 Å². The van der Waals surface area contributed by atoms with Crippen LogP contribution in [-0.2, 0) is 28.6 Å². The number of carbonyl (C=O) groups excluding carboxylic acids is 3. The number of esters is 3. The molecular weight excluding hydrogens is 1330 g/mol. The monoisotopic (exact) mass is 1410 g/mol. The molecule has 0 unspecified atom stereocenters. The molecule has 0 saturated heterocycles. The fourth-order valence-electron chi connectivity index (χ4n) is 12.0. The molecule has 6 aromatic heterocycles. The first-order chi connectivity index (χ1) is 45.5. The number of halogens is 3. The van der Waals surface area contributed by atoms with Gasteiger partial charge in [-0.3, -0.25) is 43.1 Å². The molecule has 9 aromatic rings. The molecule has 1 aliphatic carbocycles. The highest BCUT2D eigenvalue weighted by molar-refractivity contribution is 7.15. The number of aryl methyl sites for hydroxylation is 6. The highest BCUT2D eigenvalue weighted by Crippen LogP contribution is 2.44. The minimum Gasteiger partial charge on any atom is -0.466 e. The Morgan fingerprint density at radius 1 is 0.490 bits per heavy atom. The highest BCUT2D eigenvalue weighted by atomic mass is 35.5. The number of hydrogen-bond acceptors (Lipinski definition) is 18. The Labute approximate surface area is 588 Å². The van der Waals surface area contributed by atoms with Crippen LogP contribution < -0.4 is 0 Å². The smallest absolute Gasteiger partial charge is 0.308 e. The number of aliphatic imine (C=N–C) groups is 3. The molecule has 1 fully saturated rings. The molecule has 4 aliphatic rings. The normalized spacial score (nSPS) is 17.5. The lowest BCUT2D eigenvalue weighted by Crippen LogP contribution is -2.24. The van der Waals surface area contributed by atoms with Gasteiger partial charge in [-0.05, 0) is 159 Å². The Kier molecular flexibility index (Phi) is 22.6. The van der Waals surface area contributed by atoms with E-state index in [0.29, 0.717) is 51.7 Å². The molecule has 24 heteroatoms. The maximum absolute atomic E-state index is 13.0. The second kappa shape index (κ2) is 30.5. The largest absolute Gasteiger partial charge is 0.466 e. The summed E-state index contributed by atoms with van der Waals surface area (Å²) in [5.41, 5.74) is 12.0. The molecule has 13 rings (SSSR count). The van der Waals surface area contributed by atoms with E-state index in [9.17, 15) is 14.4 Å². The van der Waals surface area contributed by atoms with E-state index in [2.05, 4.69) is 83.6 Å². The van der Waals surface area contributed by atoms with Crippen molar-refractivity contribution in [3.05, 3.63) is 188 Å². The summed E-state index contributed by atoms with van der Waals surface area (Å²) in [5, 5.41) is 31.3. The fraction of sp³-hybridized carbons (Fsp3) is 0.417. The van der Waals surface area contributed by atoms with Crippen molar-refractivity contribution in [1.29, 1.82) is 0 Å². The van der Waals surface area contributed by atoms with Gasteiger partial charge < -0.3 is 14.2 Å². The topological polar surface area (TPSA) is 208 Å². The van der Waals surface area contributed by atoms with Crippen LogP contribution in [0, 0.1) is 74.1 Å². The molecule has 0 radical (unpaired) electrons. The zero-order valence-electron chi connectivity index (χ0n) is 55.6. The molecule has 3 aliphatic heterocycles. The van der Waals surface area contributed by atoms with Crippen LogP contribution in [0.15, 0.2) is 87.8 Å². The van der Waals surface area contributed by atoms with Gasteiger partial charge in [-0.25, -0.2) is 0 Å². The predicted octanol–water partition coefficient (Wildman–Crippen LogP) is 17.5. The first-order valence-electron chi connectivity index (χ1n) is 32.1. The summed E-state index contributed by atoms with van der Waals surface area (Å²) < 4.78 is 22.8. The number of rotatable bonds is 14. The summed E-state index contributed by atoms with van der Waals surface area (Å²) in [6, 6.07) is 21.5. The summed E-state index contributed by atoms with van der Waals surface area (Å²) in [7, 11) is 0. The van der Waals surface area contributed by atoms with Gasteiger partial charge in [0.1, 0.15) is 56.7 Å². The van der Waals surface area contributed by atoms with Gasteiger partial charge in [-0.1, -0.05) is 106 Å². The van der Waals surface area contributed by atoms with Crippen LogP contribution in [0.4, 0.5) is 0 Å². The van der Waals surface area contributed by atoms with Crippen molar-refractivity contribution in [2.75, 3.05) is 13.2 Å². The van der Waals surface area contributed by atoms with E-state index in [-0.39, 0.29) is 56.6 Å². The van der Waals surface area contributed by atoms with Gasteiger partial charge in [0.15, 0.2) is 17.5 Å². The molecule has 0 bridgehead atoms. The maximum Gasteiger partial charge on any atom is 0.308 e. The van der Waals surface area contributed by atoms with Crippen LogP contribution in [0.5, 0.6) is 0 Å². The van der Waals surface area contributed by atoms with E-state index in [1.54, 1.807) is 34.0 Å². The van der Waals surface area contributed by atoms with Gasteiger partial charge in [0, 0.05) is 63.1 Å². The molecule has 0 spiro atoms. The number of carbonyl (C=O) groups is 3. The molecule has 0 amide bonds. The third-order valence-corrected chi connectivity index (χ3v) is 21.8. The summed E-state index contributed by atoms with van der Waals surface area (Å²) >= 11 is 23.5. The fourth-order valence-corrected chi connectivity index (χ4v) is 16.1. The van der Waals surface area contributed by atoms with Crippen LogP contribution in [-0.4, -0.2) is 98.7 Å². The second-order valence-corrected chi connectivity index (χ2v) is 29.9. The lowest BCUT2D eigenvalue weighted by atomic mass is 9.89. The van der Waals surface area contributed by atoms with Crippen molar-refractivity contribution < 1.29 is 28.6 Å². The third-order valence-electron chi connectivity index (χ3n) is 17.5. The van der Waals surface area contributed by atoms with Gasteiger partial charge in [0.2, 0.25) is 0 Å². The lowest BCUT2D eigenvalue weighted by molar-refractivity contribution is -0.151. The molecule has 9 heterocycles. The Morgan fingerprint density at radius 3 is 1.14 bits per heavy atom. The average molecular weight is 1410 g/mol. The van der Waals surface area contributed by atoms with E-state index < -0.39 is 18.1 Å². The number of hydrogen-bond donors (Lipinski definition) is 0. The lowest BCUT2D eigenvalue weighted by Gasteiger charge is -2.26. The Bertz CT molecular complexity index is 4430. The quantitative estimate of drug-likeness (QED) is 0.0736. The van der Waals surface area contributed by atoms with Gasteiger partial charge >= 0.3 is 17.9 Å². The zero-order chi connectivity index (χ0) is 67.7. The van der Waals surface area contributed by atoms with E-state index in [1.807, 2.05) is 123 Å². The highest BCUT2D eigenvalue weighted by Gasteiger charge is 2.37. The summed E-state index contributed by atoms with van der Waals surface area (Å²) in [5.74, 6) is 4.49. The average Bonchev–Trinajstić information content (AvgIpc) is 1.61.